The van der Waals surface area contributed by atoms with Crippen molar-refractivity contribution in [3.63, 3.8) is 0 Å². The fourth-order valence-corrected chi connectivity index (χ4v) is 2.61. The zero-order chi connectivity index (χ0) is 18.1. The lowest BCUT2D eigenvalue weighted by atomic mass is 10.1. The average molecular weight is 346 g/mol. The van der Waals surface area contributed by atoms with Gasteiger partial charge in [-0.15, -0.1) is 10.2 Å². The molecule has 4 aromatic rings. The van der Waals surface area contributed by atoms with E-state index in [2.05, 4.69) is 20.6 Å². The van der Waals surface area contributed by atoms with Crippen molar-refractivity contribution in [2.24, 2.45) is 7.05 Å². The molecular weight excluding hydrogens is 332 g/mol. The first kappa shape index (κ1) is 15.7. The van der Waals surface area contributed by atoms with Crippen LogP contribution in [0.2, 0.25) is 0 Å². The fourth-order valence-electron chi connectivity index (χ4n) is 2.61. The molecule has 3 aromatic heterocycles. The van der Waals surface area contributed by atoms with Crippen LogP contribution in [0, 0.1) is 0 Å². The number of nitrogens with one attached hydrogen (secondary N) is 1. The molecule has 0 aliphatic heterocycles. The second-order valence-corrected chi connectivity index (χ2v) is 5.73. The molecule has 0 atom stereocenters. The Hall–Kier alpha value is -3.81. The Morgan fingerprint density at radius 2 is 2.00 bits per heavy atom. The Kier molecular flexibility index (Phi) is 3.77. The molecule has 3 heterocycles. The highest BCUT2D eigenvalue weighted by molar-refractivity contribution is 6.04. The molecule has 0 aliphatic rings. The Morgan fingerprint density at radius 3 is 2.88 bits per heavy atom. The molecule has 0 saturated carbocycles. The third kappa shape index (κ3) is 2.84. The van der Waals surface area contributed by atoms with Crippen molar-refractivity contribution in [3.8, 4) is 11.3 Å². The van der Waals surface area contributed by atoms with Crippen molar-refractivity contribution in [1.82, 2.24) is 24.4 Å². The molecule has 4 rings (SSSR count). The maximum Gasteiger partial charge on any atom is 0.263 e. The van der Waals surface area contributed by atoms with Gasteiger partial charge in [-0.05, 0) is 36.4 Å². The summed E-state index contributed by atoms with van der Waals surface area (Å²) in [4.78, 5) is 24.5. The highest BCUT2D eigenvalue weighted by Crippen LogP contribution is 2.21. The second kappa shape index (κ2) is 6.25. The summed E-state index contributed by atoms with van der Waals surface area (Å²) in [6.07, 6.45) is 3.13. The number of pyridine rings is 1. The van der Waals surface area contributed by atoms with Crippen LogP contribution in [0.4, 0.5) is 5.69 Å². The number of anilines is 1. The zero-order valence-electron chi connectivity index (χ0n) is 13.8. The summed E-state index contributed by atoms with van der Waals surface area (Å²) in [5.74, 6) is -0.453. The molecule has 1 N–H and O–H groups in total. The summed E-state index contributed by atoms with van der Waals surface area (Å²) in [5, 5.41) is 14.9. The van der Waals surface area contributed by atoms with Crippen molar-refractivity contribution < 1.29 is 4.79 Å². The van der Waals surface area contributed by atoms with Crippen LogP contribution < -0.4 is 10.9 Å². The summed E-state index contributed by atoms with van der Waals surface area (Å²) in [6, 6.07) is 14.1. The molecule has 0 fully saturated rings. The smallest absolute Gasteiger partial charge is 0.263 e. The van der Waals surface area contributed by atoms with Crippen LogP contribution in [0.5, 0.6) is 0 Å². The number of aromatic nitrogens is 5. The van der Waals surface area contributed by atoms with Gasteiger partial charge in [0.2, 0.25) is 0 Å². The standard InChI is InChI=1S/C18H14N6O2/c1-23-9-3-6-14(18(23)26)17(25)20-13-5-2-4-12(10-13)15-7-8-16-21-19-11-24(16)22-15/h2-11H,1H3,(H,20,25). The molecule has 0 spiro atoms. The molecule has 128 valence electrons. The van der Waals surface area contributed by atoms with E-state index in [1.54, 1.807) is 36.0 Å². The van der Waals surface area contributed by atoms with Gasteiger partial charge >= 0.3 is 0 Å². The summed E-state index contributed by atoms with van der Waals surface area (Å²) in [7, 11) is 1.60. The second-order valence-electron chi connectivity index (χ2n) is 5.73. The average Bonchev–Trinajstić information content (AvgIpc) is 3.12. The Morgan fingerprint density at radius 1 is 1.12 bits per heavy atom. The quantitative estimate of drug-likeness (QED) is 0.610. The number of hydrogen-bond donors (Lipinski definition) is 1. The lowest BCUT2D eigenvalue weighted by Gasteiger charge is -2.08. The van der Waals surface area contributed by atoms with E-state index in [4.69, 9.17) is 0 Å². The lowest BCUT2D eigenvalue weighted by molar-refractivity contribution is 0.102. The molecule has 0 unspecified atom stereocenters. The minimum atomic E-state index is -0.453. The number of rotatable bonds is 3. The predicted octanol–water partition coefficient (Wildman–Crippen LogP) is 1.74. The van der Waals surface area contributed by atoms with Crippen LogP contribution in [0.3, 0.4) is 0 Å². The van der Waals surface area contributed by atoms with E-state index < -0.39 is 5.91 Å². The van der Waals surface area contributed by atoms with Gasteiger partial charge in [0.25, 0.3) is 11.5 Å². The molecule has 1 amide bonds. The first-order valence-electron chi connectivity index (χ1n) is 7.86. The topological polar surface area (TPSA) is 94.2 Å². The number of amides is 1. The third-order valence-electron chi connectivity index (χ3n) is 3.95. The predicted molar refractivity (Wildman–Crippen MR) is 95.9 cm³/mol. The van der Waals surface area contributed by atoms with Gasteiger partial charge in [-0.2, -0.15) is 9.61 Å². The number of fused-ring (bicyclic) bond motifs is 1. The Balaban J connectivity index is 1.64. The fraction of sp³-hybridized carbons (Fsp3) is 0.0556. The van der Waals surface area contributed by atoms with Crippen molar-refractivity contribution in [2.75, 3.05) is 5.32 Å². The molecule has 0 radical (unpaired) electrons. The van der Waals surface area contributed by atoms with E-state index in [0.29, 0.717) is 17.0 Å². The van der Waals surface area contributed by atoms with E-state index >= 15 is 0 Å². The van der Waals surface area contributed by atoms with Gasteiger partial charge in [0.05, 0.1) is 5.69 Å². The Labute approximate surface area is 147 Å². The molecule has 0 bridgehead atoms. The largest absolute Gasteiger partial charge is 0.322 e. The summed E-state index contributed by atoms with van der Waals surface area (Å²) < 4.78 is 2.94. The lowest BCUT2D eigenvalue weighted by Crippen LogP contribution is -2.27. The number of benzene rings is 1. The van der Waals surface area contributed by atoms with E-state index in [1.807, 2.05) is 24.3 Å². The molecule has 26 heavy (non-hydrogen) atoms. The van der Waals surface area contributed by atoms with Gasteiger partial charge in [0.15, 0.2) is 5.65 Å². The van der Waals surface area contributed by atoms with E-state index in [-0.39, 0.29) is 11.1 Å². The van der Waals surface area contributed by atoms with E-state index in [0.717, 1.165) is 5.56 Å². The first-order chi connectivity index (χ1) is 12.6. The number of carbonyl (C=O) groups is 1. The van der Waals surface area contributed by atoms with Crippen molar-refractivity contribution >= 4 is 17.2 Å². The van der Waals surface area contributed by atoms with Crippen molar-refractivity contribution in [3.05, 3.63) is 77.0 Å². The van der Waals surface area contributed by atoms with Gasteiger partial charge < -0.3 is 9.88 Å². The van der Waals surface area contributed by atoms with Crippen LogP contribution in [0.15, 0.2) is 65.8 Å². The van der Waals surface area contributed by atoms with Crippen LogP contribution in [0.1, 0.15) is 10.4 Å². The Bertz CT molecular complexity index is 1180. The number of aryl methyl sites for hydroxylation is 1. The molecule has 0 aliphatic carbocycles. The van der Waals surface area contributed by atoms with Gasteiger partial charge in [-0.25, -0.2) is 0 Å². The van der Waals surface area contributed by atoms with Gasteiger partial charge in [-0.3, -0.25) is 9.59 Å². The normalized spacial score (nSPS) is 10.8. The van der Waals surface area contributed by atoms with Crippen LogP contribution in [-0.2, 0) is 7.05 Å². The minimum absolute atomic E-state index is 0.0874. The molecule has 0 saturated heterocycles. The highest BCUT2D eigenvalue weighted by atomic mass is 16.2. The van der Waals surface area contributed by atoms with E-state index in [1.165, 1.54) is 17.0 Å². The van der Waals surface area contributed by atoms with Crippen molar-refractivity contribution in [1.29, 1.82) is 0 Å². The maximum atomic E-state index is 12.4. The highest BCUT2D eigenvalue weighted by Gasteiger charge is 2.12. The monoisotopic (exact) mass is 346 g/mol. The van der Waals surface area contributed by atoms with Crippen LogP contribution in [-0.4, -0.2) is 30.3 Å². The molecule has 8 heteroatoms. The SMILES string of the molecule is Cn1cccc(C(=O)Nc2cccc(-c3ccc4nncn4n3)c2)c1=O. The van der Waals surface area contributed by atoms with Crippen molar-refractivity contribution in [2.45, 2.75) is 0 Å². The first-order valence-corrected chi connectivity index (χ1v) is 7.86. The van der Waals surface area contributed by atoms with Crippen LogP contribution >= 0.6 is 0 Å². The number of nitrogens with zero attached hydrogens (tertiary/aromatic N) is 5. The number of carbonyl (C=O) groups excluding carboxylic acids is 1. The zero-order valence-corrected chi connectivity index (χ0v) is 13.8. The molecule has 8 nitrogen and oxygen atoms in total. The summed E-state index contributed by atoms with van der Waals surface area (Å²) in [6.45, 7) is 0. The van der Waals surface area contributed by atoms with E-state index in [9.17, 15) is 9.59 Å². The maximum absolute atomic E-state index is 12.4. The number of hydrogen-bond acceptors (Lipinski definition) is 5. The van der Waals surface area contributed by atoms with Gasteiger partial charge in [0.1, 0.15) is 11.9 Å². The third-order valence-corrected chi connectivity index (χ3v) is 3.95. The van der Waals surface area contributed by atoms with Crippen LogP contribution in [0.25, 0.3) is 16.9 Å². The summed E-state index contributed by atoms with van der Waals surface area (Å²) >= 11 is 0. The minimum Gasteiger partial charge on any atom is -0.322 e. The molecular formula is C18H14N6O2. The summed E-state index contributed by atoms with van der Waals surface area (Å²) in [5.41, 5.74) is 2.50. The van der Waals surface area contributed by atoms with Gasteiger partial charge in [0, 0.05) is 24.5 Å². The van der Waals surface area contributed by atoms with Gasteiger partial charge in [-0.1, -0.05) is 12.1 Å². The molecule has 1 aromatic carbocycles.